The summed E-state index contributed by atoms with van der Waals surface area (Å²) in [6.45, 7) is 1.20. The molecule has 0 radical (unpaired) electrons. The largest absolute Gasteiger partial charge is 0.352 e. The Balaban J connectivity index is 1.86. The molecule has 0 spiro atoms. The van der Waals surface area contributed by atoms with Gasteiger partial charge in [-0.3, -0.25) is 9.98 Å². The van der Waals surface area contributed by atoms with E-state index in [1.807, 2.05) is 24.3 Å². The van der Waals surface area contributed by atoms with Crippen molar-refractivity contribution in [2.24, 2.45) is 9.98 Å². The van der Waals surface area contributed by atoms with Gasteiger partial charge in [-0.2, -0.15) is 0 Å². The van der Waals surface area contributed by atoms with Gasteiger partial charge in [-0.1, -0.05) is 41.4 Å². The Bertz CT molecular complexity index is 483. The first-order chi connectivity index (χ1) is 8.72. The predicted molar refractivity (Wildman–Crippen MR) is 74.8 cm³/mol. The smallest absolute Gasteiger partial charge is 0.129 e. The van der Waals surface area contributed by atoms with Crippen molar-refractivity contribution in [2.45, 2.75) is 11.0 Å². The summed E-state index contributed by atoms with van der Waals surface area (Å²) in [7, 11) is 0. The van der Waals surface area contributed by atoms with E-state index in [4.69, 9.17) is 23.2 Å². The molecule has 2 atom stereocenters. The van der Waals surface area contributed by atoms with Gasteiger partial charge in [0, 0.05) is 11.1 Å². The zero-order valence-corrected chi connectivity index (χ0v) is 11.0. The molecular weight excluding hydrogens is 271 g/mol. The van der Waals surface area contributed by atoms with Gasteiger partial charge in [0.25, 0.3) is 0 Å². The molecule has 2 unspecified atom stereocenters. The lowest BCUT2D eigenvalue weighted by molar-refractivity contribution is 0.877. The summed E-state index contributed by atoms with van der Waals surface area (Å²) in [5, 5.41) is 6.25. The molecule has 0 saturated carbocycles. The van der Waals surface area contributed by atoms with Crippen LogP contribution in [-0.2, 0) is 0 Å². The first-order valence-electron chi connectivity index (χ1n) is 5.73. The van der Waals surface area contributed by atoms with Crippen molar-refractivity contribution in [1.82, 2.24) is 10.6 Å². The van der Waals surface area contributed by atoms with Crippen LogP contribution in [0.4, 0.5) is 0 Å². The van der Waals surface area contributed by atoms with Gasteiger partial charge >= 0.3 is 0 Å². The Hall–Kier alpha value is -1.26. The van der Waals surface area contributed by atoms with Crippen LogP contribution in [-0.4, -0.2) is 35.8 Å². The maximum atomic E-state index is 5.96. The molecule has 94 valence electrons. The van der Waals surface area contributed by atoms with E-state index in [-0.39, 0.29) is 11.0 Å². The lowest BCUT2D eigenvalue weighted by Crippen LogP contribution is -2.27. The van der Waals surface area contributed by atoms with E-state index < -0.39 is 0 Å². The standard InChI is InChI=1S/C12H12Cl2N4/c13-9-5-15-11(17-9)7-2-1-3-8(4-7)12-16-6-10(14)18-12/h1-4,9-10H,5-6H2,(H,15,17)(H,16,18). The molecule has 1 aromatic carbocycles. The van der Waals surface area contributed by atoms with Crippen LogP contribution in [0.1, 0.15) is 11.1 Å². The van der Waals surface area contributed by atoms with Gasteiger partial charge in [0.15, 0.2) is 0 Å². The van der Waals surface area contributed by atoms with Crippen LogP contribution in [0.15, 0.2) is 34.3 Å². The van der Waals surface area contributed by atoms with Crippen molar-refractivity contribution in [3.8, 4) is 0 Å². The van der Waals surface area contributed by atoms with E-state index in [9.17, 15) is 0 Å². The molecule has 1 aromatic rings. The van der Waals surface area contributed by atoms with E-state index in [0.717, 1.165) is 22.8 Å². The fraction of sp³-hybridized carbons (Fsp3) is 0.333. The minimum absolute atomic E-state index is 0.113. The van der Waals surface area contributed by atoms with E-state index in [1.165, 1.54) is 0 Å². The van der Waals surface area contributed by atoms with Gasteiger partial charge < -0.3 is 10.6 Å². The lowest BCUT2D eigenvalue weighted by Gasteiger charge is -2.08. The first-order valence-corrected chi connectivity index (χ1v) is 6.60. The molecule has 3 rings (SSSR count). The number of nitrogens with one attached hydrogen (secondary N) is 2. The minimum atomic E-state index is -0.113. The fourth-order valence-electron chi connectivity index (χ4n) is 1.99. The molecule has 18 heavy (non-hydrogen) atoms. The Morgan fingerprint density at radius 2 is 1.44 bits per heavy atom. The summed E-state index contributed by atoms with van der Waals surface area (Å²) in [6.07, 6.45) is 0. The monoisotopic (exact) mass is 282 g/mol. The highest BCUT2D eigenvalue weighted by molar-refractivity contribution is 6.24. The van der Waals surface area contributed by atoms with Crippen molar-refractivity contribution in [2.75, 3.05) is 13.1 Å². The highest BCUT2D eigenvalue weighted by atomic mass is 35.5. The topological polar surface area (TPSA) is 48.8 Å². The van der Waals surface area contributed by atoms with Gasteiger partial charge in [-0.05, 0) is 6.07 Å². The van der Waals surface area contributed by atoms with E-state index in [0.29, 0.717) is 13.1 Å². The minimum Gasteiger partial charge on any atom is -0.352 e. The molecule has 6 heteroatoms. The Morgan fingerprint density at radius 1 is 0.944 bits per heavy atom. The van der Waals surface area contributed by atoms with E-state index in [1.54, 1.807) is 0 Å². The quantitative estimate of drug-likeness (QED) is 0.638. The summed E-state index contributed by atoms with van der Waals surface area (Å²) in [4.78, 5) is 8.71. The third-order valence-corrected chi connectivity index (χ3v) is 3.31. The van der Waals surface area contributed by atoms with Crippen molar-refractivity contribution in [3.05, 3.63) is 35.4 Å². The molecule has 0 aromatic heterocycles. The maximum Gasteiger partial charge on any atom is 0.129 e. The van der Waals surface area contributed by atoms with Crippen molar-refractivity contribution in [1.29, 1.82) is 0 Å². The zero-order valence-electron chi connectivity index (χ0n) is 9.53. The first kappa shape index (κ1) is 11.8. The number of amidine groups is 2. The van der Waals surface area contributed by atoms with Crippen LogP contribution in [0.25, 0.3) is 0 Å². The van der Waals surface area contributed by atoms with Crippen molar-refractivity contribution >= 4 is 34.9 Å². The number of aliphatic imine (C=N–C) groups is 2. The van der Waals surface area contributed by atoms with Crippen LogP contribution in [0.2, 0.25) is 0 Å². The zero-order chi connectivity index (χ0) is 12.5. The van der Waals surface area contributed by atoms with Crippen molar-refractivity contribution in [3.63, 3.8) is 0 Å². The van der Waals surface area contributed by atoms with Crippen LogP contribution in [0, 0.1) is 0 Å². The summed E-state index contributed by atoms with van der Waals surface area (Å²) in [5.74, 6) is 1.66. The van der Waals surface area contributed by atoms with E-state index >= 15 is 0 Å². The van der Waals surface area contributed by atoms with Gasteiger partial charge in [0.1, 0.15) is 22.7 Å². The number of hydrogen-bond donors (Lipinski definition) is 2. The molecule has 2 heterocycles. The Kier molecular flexibility index (Phi) is 3.14. The Morgan fingerprint density at radius 3 is 1.83 bits per heavy atom. The number of hydrogen-bond acceptors (Lipinski definition) is 4. The molecule has 0 amide bonds. The van der Waals surface area contributed by atoms with Gasteiger partial charge in [-0.25, -0.2) is 0 Å². The maximum absolute atomic E-state index is 5.96. The van der Waals surface area contributed by atoms with Gasteiger partial charge in [0.2, 0.25) is 0 Å². The van der Waals surface area contributed by atoms with Crippen molar-refractivity contribution < 1.29 is 0 Å². The van der Waals surface area contributed by atoms with Crippen LogP contribution in [0.3, 0.4) is 0 Å². The molecule has 0 fully saturated rings. The van der Waals surface area contributed by atoms with Crippen LogP contribution < -0.4 is 10.6 Å². The molecule has 2 aliphatic rings. The molecule has 2 N–H and O–H groups in total. The number of nitrogens with zero attached hydrogens (tertiary/aromatic N) is 2. The normalized spacial score (nSPS) is 26.3. The fourth-order valence-corrected chi connectivity index (χ4v) is 2.33. The van der Waals surface area contributed by atoms with Crippen LogP contribution in [0.5, 0.6) is 0 Å². The summed E-state index contributed by atoms with van der Waals surface area (Å²) < 4.78 is 0. The number of alkyl halides is 2. The van der Waals surface area contributed by atoms with E-state index in [2.05, 4.69) is 20.6 Å². The second kappa shape index (κ2) is 4.78. The average molecular weight is 283 g/mol. The molecule has 0 saturated heterocycles. The second-order valence-corrected chi connectivity index (χ2v) is 5.24. The van der Waals surface area contributed by atoms with Gasteiger partial charge in [0.05, 0.1) is 13.1 Å². The third kappa shape index (κ3) is 2.31. The number of halogens is 2. The molecular formula is C12H12Cl2N4. The average Bonchev–Trinajstić information content (AvgIpc) is 2.98. The summed E-state index contributed by atoms with van der Waals surface area (Å²) >= 11 is 11.9. The lowest BCUT2D eigenvalue weighted by atomic mass is 10.1. The number of rotatable bonds is 2. The predicted octanol–water partition coefficient (Wildman–Crippen LogP) is 1.52. The SMILES string of the molecule is ClC1CN=C(c2cccc(C3=NCC(Cl)N3)c2)N1. The third-order valence-electron chi connectivity index (χ3n) is 2.82. The highest BCUT2D eigenvalue weighted by Gasteiger charge is 2.19. The number of benzene rings is 1. The van der Waals surface area contributed by atoms with Gasteiger partial charge in [-0.15, -0.1) is 0 Å². The molecule has 0 aliphatic carbocycles. The summed E-state index contributed by atoms with van der Waals surface area (Å²) in [5.41, 5.74) is 1.80. The summed E-state index contributed by atoms with van der Waals surface area (Å²) in [6, 6.07) is 8.00. The Labute approximate surface area is 115 Å². The van der Waals surface area contributed by atoms with Crippen LogP contribution >= 0.6 is 23.2 Å². The highest BCUT2D eigenvalue weighted by Crippen LogP contribution is 2.13. The molecule has 4 nitrogen and oxygen atoms in total. The second-order valence-electron chi connectivity index (χ2n) is 4.18. The molecule has 0 bridgehead atoms. The molecule has 2 aliphatic heterocycles.